The van der Waals surface area contributed by atoms with Gasteiger partial charge in [0, 0.05) is 4.47 Å². The quantitative estimate of drug-likeness (QED) is 0.348. The minimum atomic E-state index is -0.725. The molecule has 6 heteroatoms. The van der Waals surface area contributed by atoms with Crippen LogP contribution in [0, 0.1) is 5.92 Å². The third kappa shape index (κ3) is 6.37. The summed E-state index contributed by atoms with van der Waals surface area (Å²) in [6.45, 7) is 3.78. The number of hydrogen-bond donors (Lipinski definition) is 2. The first-order valence-corrected chi connectivity index (χ1v) is 11.2. The fraction of sp³-hybridized carbons (Fsp3) is 0.192. The molecule has 0 aromatic heterocycles. The highest BCUT2D eigenvalue weighted by atomic mass is 79.9. The molecule has 0 aliphatic carbocycles. The Bertz CT molecular complexity index is 1030. The topological polar surface area (TPSA) is 70.6 Å². The third-order valence-electron chi connectivity index (χ3n) is 5.01. The molecular formula is C26H26BrN3O2. The van der Waals surface area contributed by atoms with Gasteiger partial charge in [0.15, 0.2) is 0 Å². The maximum Gasteiger partial charge on any atom is 0.262 e. The number of amides is 2. The highest BCUT2D eigenvalue weighted by Crippen LogP contribution is 2.25. The third-order valence-corrected chi connectivity index (χ3v) is 5.51. The Labute approximate surface area is 197 Å². The van der Waals surface area contributed by atoms with E-state index in [1.165, 1.54) is 0 Å². The predicted octanol–water partition coefficient (Wildman–Crippen LogP) is 4.87. The van der Waals surface area contributed by atoms with Gasteiger partial charge in [-0.2, -0.15) is 5.10 Å². The number of carbonyl (C=O) groups excluding carboxylic acids is 2. The van der Waals surface area contributed by atoms with E-state index in [2.05, 4.69) is 31.8 Å². The van der Waals surface area contributed by atoms with Crippen molar-refractivity contribution in [2.45, 2.75) is 25.8 Å². The van der Waals surface area contributed by atoms with Crippen molar-refractivity contribution in [1.82, 2.24) is 10.7 Å². The van der Waals surface area contributed by atoms with Gasteiger partial charge in [0.2, 0.25) is 5.91 Å². The van der Waals surface area contributed by atoms with Crippen molar-refractivity contribution in [3.8, 4) is 0 Å². The second kappa shape index (κ2) is 11.4. The molecule has 5 nitrogen and oxygen atoms in total. The van der Waals surface area contributed by atoms with Gasteiger partial charge in [-0.15, -0.1) is 0 Å². The molecule has 164 valence electrons. The lowest BCUT2D eigenvalue weighted by Crippen LogP contribution is -2.50. The number of hydrogen-bond acceptors (Lipinski definition) is 3. The summed E-state index contributed by atoms with van der Waals surface area (Å²) in [7, 11) is 0. The SMILES string of the molecule is CC(C)C(NC(=O)C(c1ccccc1)c1ccccc1)C(=O)NN=Cc1cccc(Br)c1. The second-order valence-corrected chi connectivity index (χ2v) is 8.69. The Morgan fingerprint density at radius 3 is 1.97 bits per heavy atom. The van der Waals surface area contributed by atoms with E-state index in [1.54, 1.807) is 6.21 Å². The number of carbonyl (C=O) groups is 2. The molecule has 3 rings (SSSR count). The van der Waals surface area contributed by atoms with E-state index < -0.39 is 12.0 Å². The first kappa shape index (κ1) is 23.4. The maximum atomic E-state index is 13.4. The van der Waals surface area contributed by atoms with Gasteiger partial charge in [0.1, 0.15) is 6.04 Å². The van der Waals surface area contributed by atoms with Gasteiger partial charge in [0.25, 0.3) is 5.91 Å². The molecule has 0 radical (unpaired) electrons. The zero-order valence-electron chi connectivity index (χ0n) is 18.0. The Morgan fingerprint density at radius 1 is 0.844 bits per heavy atom. The van der Waals surface area contributed by atoms with Gasteiger partial charge in [-0.3, -0.25) is 9.59 Å². The fourth-order valence-corrected chi connectivity index (χ4v) is 3.80. The van der Waals surface area contributed by atoms with Gasteiger partial charge in [0.05, 0.1) is 12.1 Å². The van der Waals surface area contributed by atoms with Crippen LogP contribution in [0.1, 0.15) is 36.5 Å². The Balaban J connectivity index is 1.75. The smallest absolute Gasteiger partial charge is 0.262 e. The molecule has 0 bridgehead atoms. The Kier molecular flexibility index (Phi) is 8.34. The fourth-order valence-electron chi connectivity index (χ4n) is 3.38. The summed E-state index contributed by atoms with van der Waals surface area (Å²) in [5.41, 5.74) is 5.14. The van der Waals surface area contributed by atoms with Crippen LogP contribution in [0.15, 0.2) is 94.5 Å². The summed E-state index contributed by atoms with van der Waals surface area (Å²) >= 11 is 3.41. The molecule has 3 aromatic rings. The monoisotopic (exact) mass is 491 g/mol. The van der Waals surface area contributed by atoms with Crippen LogP contribution >= 0.6 is 15.9 Å². The number of benzene rings is 3. The number of nitrogens with one attached hydrogen (secondary N) is 2. The molecule has 0 aliphatic heterocycles. The summed E-state index contributed by atoms with van der Waals surface area (Å²) in [5, 5.41) is 7.00. The summed E-state index contributed by atoms with van der Waals surface area (Å²) < 4.78 is 0.924. The first-order chi connectivity index (χ1) is 15.5. The summed E-state index contributed by atoms with van der Waals surface area (Å²) in [4.78, 5) is 26.2. The van der Waals surface area contributed by atoms with Crippen LogP contribution in [0.4, 0.5) is 0 Å². The lowest BCUT2D eigenvalue weighted by atomic mass is 9.89. The van der Waals surface area contributed by atoms with Crippen molar-refractivity contribution in [2.24, 2.45) is 11.0 Å². The van der Waals surface area contributed by atoms with Gasteiger partial charge < -0.3 is 5.32 Å². The minimum absolute atomic E-state index is 0.118. The predicted molar refractivity (Wildman–Crippen MR) is 131 cm³/mol. The lowest BCUT2D eigenvalue weighted by Gasteiger charge is -2.24. The van der Waals surface area contributed by atoms with Crippen LogP contribution in [0.3, 0.4) is 0 Å². The van der Waals surface area contributed by atoms with Crippen LogP contribution in [0.25, 0.3) is 0 Å². The number of nitrogens with zero attached hydrogens (tertiary/aromatic N) is 1. The number of hydrazone groups is 1. The van der Waals surface area contributed by atoms with Crippen LogP contribution < -0.4 is 10.7 Å². The minimum Gasteiger partial charge on any atom is -0.343 e. The van der Waals surface area contributed by atoms with Crippen molar-refractivity contribution in [2.75, 3.05) is 0 Å². The van der Waals surface area contributed by atoms with Crippen molar-refractivity contribution in [3.05, 3.63) is 106 Å². The van der Waals surface area contributed by atoms with E-state index in [0.29, 0.717) is 0 Å². The standard InChI is InChI=1S/C26H26BrN3O2/c1-18(2)24(26(32)30-28-17-19-10-9-15-22(27)16-19)29-25(31)23(20-11-5-3-6-12-20)21-13-7-4-8-14-21/h3-18,23-24H,1-2H3,(H,29,31)(H,30,32). The molecule has 3 aromatic carbocycles. The lowest BCUT2D eigenvalue weighted by molar-refractivity contribution is -0.130. The average Bonchev–Trinajstić information content (AvgIpc) is 2.79. The van der Waals surface area contributed by atoms with Gasteiger partial charge in [-0.25, -0.2) is 5.43 Å². The van der Waals surface area contributed by atoms with E-state index in [0.717, 1.165) is 21.2 Å². The molecule has 2 amide bonds. The second-order valence-electron chi connectivity index (χ2n) is 7.77. The number of rotatable bonds is 8. The summed E-state index contributed by atoms with van der Waals surface area (Å²) in [6, 6.07) is 26.0. The molecule has 0 aliphatic rings. The summed E-state index contributed by atoms with van der Waals surface area (Å²) in [5.74, 6) is -1.23. The van der Waals surface area contributed by atoms with Gasteiger partial charge in [-0.1, -0.05) is 103 Å². The Hall–Kier alpha value is -3.25. The molecular weight excluding hydrogens is 466 g/mol. The van der Waals surface area contributed by atoms with Gasteiger partial charge >= 0.3 is 0 Å². The van der Waals surface area contributed by atoms with Crippen LogP contribution in [-0.2, 0) is 9.59 Å². The van der Waals surface area contributed by atoms with Crippen molar-refractivity contribution >= 4 is 34.0 Å². The molecule has 1 unspecified atom stereocenters. The van der Waals surface area contributed by atoms with Crippen LogP contribution in [0.2, 0.25) is 0 Å². The molecule has 2 N–H and O–H groups in total. The molecule has 0 saturated heterocycles. The molecule has 0 fully saturated rings. The van der Waals surface area contributed by atoms with Crippen molar-refractivity contribution < 1.29 is 9.59 Å². The molecule has 0 heterocycles. The molecule has 0 saturated carbocycles. The van der Waals surface area contributed by atoms with E-state index >= 15 is 0 Å². The zero-order valence-corrected chi connectivity index (χ0v) is 19.6. The normalized spacial score (nSPS) is 12.2. The van der Waals surface area contributed by atoms with Crippen LogP contribution in [-0.4, -0.2) is 24.1 Å². The zero-order chi connectivity index (χ0) is 22.9. The van der Waals surface area contributed by atoms with E-state index in [-0.39, 0.29) is 17.7 Å². The first-order valence-electron chi connectivity index (χ1n) is 10.4. The number of halogens is 1. The van der Waals surface area contributed by atoms with E-state index in [9.17, 15) is 9.59 Å². The summed E-state index contributed by atoms with van der Waals surface area (Å²) in [6.07, 6.45) is 1.57. The van der Waals surface area contributed by atoms with Crippen molar-refractivity contribution in [3.63, 3.8) is 0 Å². The van der Waals surface area contributed by atoms with Crippen molar-refractivity contribution in [1.29, 1.82) is 0 Å². The highest BCUT2D eigenvalue weighted by molar-refractivity contribution is 9.10. The largest absolute Gasteiger partial charge is 0.343 e. The van der Waals surface area contributed by atoms with E-state index in [4.69, 9.17) is 0 Å². The van der Waals surface area contributed by atoms with E-state index in [1.807, 2.05) is 98.8 Å². The molecule has 32 heavy (non-hydrogen) atoms. The Morgan fingerprint density at radius 2 is 1.44 bits per heavy atom. The maximum absolute atomic E-state index is 13.4. The average molecular weight is 492 g/mol. The molecule has 0 spiro atoms. The molecule has 1 atom stereocenters. The highest BCUT2D eigenvalue weighted by Gasteiger charge is 2.29. The van der Waals surface area contributed by atoms with Crippen LogP contribution in [0.5, 0.6) is 0 Å². The van der Waals surface area contributed by atoms with Gasteiger partial charge in [-0.05, 0) is 34.7 Å².